The van der Waals surface area contributed by atoms with Crippen molar-refractivity contribution < 1.29 is 9.00 Å². The van der Waals surface area contributed by atoms with Crippen LogP contribution in [0.4, 0.5) is 0 Å². The number of nitrogens with zero attached hydrogens (tertiary/aromatic N) is 1. The second kappa shape index (κ2) is 5.34. The fraction of sp³-hybridized carbons (Fsp3) is 0.615. The van der Waals surface area contributed by atoms with E-state index in [0.717, 1.165) is 29.9 Å². The maximum absolute atomic E-state index is 12.4. The highest BCUT2D eigenvalue weighted by Crippen LogP contribution is 2.32. The Balaban J connectivity index is 1.83. The van der Waals surface area contributed by atoms with Gasteiger partial charge in [-0.15, -0.1) is 0 Å². The molecule has 2 aliphatic rings. The molecule has 0 saturated carbocycles. The van der Waals surface area contributed by atoms with Crippen LogP contribution in [-0.4, -0.2) is 38.6 Å². The first-order chi connectivity index (χ1) is 9.16. The van der Waals surface area contributed by atoms with Crippen LogP contribution in [0, 0.1) is 0 Å². The molecule has 4 nitrogen and oxygen atoms in total. The van der Waals surface area contributed by atoms with Gasteiger partial charge < -0.3 is 4.90 Å². The van der Waals surface area contributed by atoms with E-state index in [1.54, 1.807) is 11.3 Å². The van der Waals surface area contributed by atoms with Gasteiger partial charge in [0.25, 0.3) is 0 Å². The number of nitrogens with one attached hydrogen (secondary N) is 1. The minimum Gasteiger partial charge on any atom is -0.318 e. The largest absolute Gasteiger partial charge is 0.318 e. The van der Waals surface area contributed by atoms with Crippen LogP contribution in [-0.2, 0) is 15.6 Å². The van der Waals surface area contributed by atoms with Crippen molar-refractivity contribution in [2.24, 2.45) is 0 Å². The highest BCUT2D eigenvalue weighted by Gasteiger charge is 2.41. The van der Waals surface area contributed by atoms with Crippen molar-refractivity contribution in [1.29, 1.82) is 0 Å². The van der Waals surface area contributed by atoms with E-state index in [9.17, 15) is 9.00 Å². The molecule has 0 aromatic carbocycles. The maximum atomic E-state index is 12.4. The molecule has 1 aromatic heterocycles. The summed E-state index contributed by atoms with van der Waals surface area (Å²) in [6.45, 7) is 1.92. The van der Waals surface area contributed by atoms with Crippen molar-refractivity contribution in [3.05, 3.63) is 22.4 Å². The van der Waals surface area contributed by atoms with E-state index in [1.807, 2.05) is 17.2 Å². The van der Waals surface area contributed by atoms with Crippen molar-refractivity contribution in [2.45, 2.75) is 38.0 Å². The molecular weight excluding hydrogens is 280 g/mol. The predicted molar refractivity (Wildman–Crippen MR) is 77.4 cm³/mol. The van der Waals surface area contributed by atoms with Gasteiger partial charge in [-0.25, -0.2) is 0 Å². The highest BCUT2D eigenvalue weighted by molar-refractivity contribution is 7.85. The monoisotopic (exact) mass is 298 g/mol. The SMILES string of the molecule is CC1NC(c2ccsc2)N(C2CCS(=O)CC2)C1=O. The molecule has 2 aliphatic heterocycles. The Morgan fingerprint density at radius 1 is 1.42 bits per heavy atom. The Hall–Kier alpha value is -0.720. The lowest BCUT2D eigenvalue weighted by Crippen LogP contribution is -2.43. The summed E-state index contributed by atoms with van der Waals surface area (Å²) in [5.41, 5.74) is 1.16. The Labute approximate surface area is 119 Å². The molecule has 3 heterocycles. The van der Waals surface area contributed by atoms with Crippen LogP contribution in [0.25, 0.3) is 0 Å². The van der Waals surface area contributed by atoms with E-state index >= 15 is 0 Å². The van der Waals surface area contributed by atoms with Gasteiger partial charge in [0.05, 0.1) is 6.04 Å². The minimum absolute atomic E-state index is 0.00900. The zero-order chi connectivity index (χ0) is 13.4. The van der Waals surface area contributed by atoms with Gasteiger partial charge in [0.15, 0.2) is 0 Å². The average molecular weight is 298 g/mol. The molecule has 0 radical (unpaired) electrons. The fourth-order valence-electron chi connectivity index (χ4n) is 2.88. The molecule has 19 heavy (non-hydrogen) atoms. The summed E-state index contributed by atoms with van der Waals surface area (Å²) in [6.07, 6.45) is 1.70. The van der Waals surface area contributed by atoms with Crippen molar-refractivity contribution in [1.82, 2.24) is 10.2 Å². The Morgan fingerprint density at radius 3 is 2.79 bits per heavy atom. The lowest BCUT2D eigenvalue weighted by molar-refractivity contribution is -0.132. The third kappa shape index (κ3) is 2.49. The Kier molecular flexibility index (Phi) is 3.73. The minimum atomic E-state index is -0.685. The third-order valence-electron chi connectivity index (χ3n) is 3.92. The zero-order valence-corrected chi connectivity index (χ0v) is 12.5. The second-order valence-corrected chi connectivity index (χ2v) is 7.65. The number of hydrogen-bond donors (Lipinski definition) is 1. The van der Waals surface area contributed by atoms with Gasteiger partial charge in [-0.2, -0.15) is 11.3 Å². The molecule has 0 bridgehead atoms. The van der Waals surface area contributed by atoms with Crippen molar-refractivity contribution >= 4 is 28.0 Å². The predicted octanol–water partition coefficient (Wildman–Crippen LogP) is 1.48. The first-order valence-electron chi connectivity index (χ1n) is 6.62. The van der Waals surface area contributed by atoms with Gasteiger partial charge in [0, 0.05) is 28.3 Å². The quantitative estimate of drug-likeness (QED) is 0.900. The van der Waals surface area contributed by atoms with Crippen LogP contribution in [0.1, 0.15) is 31.5 Å². The Bertz CT molecular complexity index is 479. The van der Waals surface area contributed by atoms with Gasteiger partial charge in [0.1, 0.15) is 6.17 Å². The fourth-order valence-corrected chi connectivity index (χ4v) is 4.83. The first-order valence-corrected chi connectivity index (χ1v) is 9.05. The van der Waals surface area contributed by atoms with Crippen LogP contribution in [0.2, 0.25) is 0 Å². The summed E-state index contributed by atoms with van der Waals surface area (Å²) in [5, 5.41) is 7.51. The maximum Gasteiger partial charge on any atom is 0.241 e. The average Bonchev–Trinajstić information content (AvgIpc) is 3.01. The third-order valence-corrected chi connectivity index (χ3v) is 6.00. The van der Waals surface area contributed by atoms with Gasteiger partial charge in [-0.3, -0.25) is 14.3 Å². The smallest absolute Gasteiger partial charge is 0.241 e. The molecule has 1 aromatic rings. The van der Waals surface area contributed by atoms with Gasteiger partial charge >= 0.3 is 0 Å². The van der Waals surface area contributed by atoms with E-state index in [1.165, 1.54) is 0 Å². The molecule has 0 aliphatic carbocycles. The highest BCUT2D eigenvalue weighted by atomic mass is 32.2. The first kappa shape index (κ1) is 13.3. The summed E-state index contributed by atoms with van der Waals surface area (Å²) in [4.78, 5) is 14.4. The van der Waals surface area contributed by atoms with Crippen LogP contribution in [0.3, 0.4) is 0 Å². The summed E-state index contributed by atoms with van der Waals surface area (Å²) < 4.78 is 11.5. The molecule has 104 valence electrons. The Morgan fingerprint density at radius 2 is 2.16 bits per heavy atom. The van der Waals surface area contributed by atoms with Gasteiger partial charge in [-0.1, -0.05) is 0 Å². The zero-order valence-electron chi connectivity index (χ0n) is 10.9. The summed E-state index contributed by atoms with van der Waals surface area (Å²) in [5.74, 6) is 1.62. The summed E-state index contributed by atoms with van der Waals surface area (Å²) in [7, 11) is -0.685. The van der Waals surface area contributed by atoms with Crippen LogP contribution in [0.15, 0.2) is 16.8 Å². The molecule has 1 N–H and O–H groups in total. The molecule has 6 heteroatoms. The number of carbonyl (C=O) groups excluding carboxylic acids is 1. The number of rotatable bonds is 2. The standard InChI is InChI=1S/C13H18N2O2S2/c1-9-13(16)15(11-3-6-19(17)7-4-11)12(14-9)10-2-5-18-8-10/h2,5,8-9,11-12,14H,3-4,6-7H2,1H3. The van der Waals surface area contributed by atoms with Crippen LogP contribution >= 0.6 is 11.3 Å². The van der Waals surface area contributed by atoms with Crippen LogP contribution < -0.4 is 5.32 Å². The number of carbonyl (C=O) groups is 1. The van der Waals surface area contributed by atoms with Crippen LogP contribution in [0.5, 0.6) is 0 Å². The van der Waals surface area contributed by atoms with E-state index in [4.69, 9.17) is 0 Å². The van der Waals surface area contributed by atoms with E-state index in [2.05, 4.69) is 16.8 Å². The van der Waals surface area contributed by atoms with Crippen molar-refractivity contribution in [2.75, 3.05) is 11.5 Å². The molecule has 2 saturated heterocycles. The molecule has 2 fully saturated rings. The van der Waals surface area contributed by atoms with Crippen molar-refractivity contribution in [3.8, 4) is 0 Å². The summed E-state index contributed by atoms with van der Waals surface area (Å²) in [6, 6.07) is 2.17. The molecular formula is C13H18N2O2S2. The molecule has 3 rings (SSSR count). The number of amides is 1. The number of hydrogen-bond acceptors (Lipinski definition) is 4. The van der Waals surface area contributed by atoms with Crippen molar-refractivity contribution in [3.63, 3.8) is 0 Å². The topological polar surface area (TPSA) is 49.4 Å². The van der Waals surface area contributed by atoms with Gasteiger partial charge in [0.2, 0.25) is 5.91 Å². The normalized spacial score (nSPS) is 35.8. The van der Waals surface area contributed by atoms with E-state index in [-0.39, 0.29) is 24.2 Å². The molecule has 0 spiro atoms. The molecule has 2 atom stereocenters. The lowest BCUT2D eigenvalue weighted by atomic mass is 10.1. The second-order valence-electron chi connectivity index (χ2n) is 5.17. The van der Waals surface area contributed by atoms with E-state index in [0.29, 0.717) is 0 Å². The lowest BCUT2D eigenvalue weighted by Gasteiger charge is -2.34. The number of thiophene rings is 1. The molecule has 1 amide bonds. The molecule has 2 unspecified atom stereocenters. The van der Waals surface area contributed by atoms with Gasteiger partial charge in [-0.05, 0) is 42.2 Å². The summed E-state index contributed by atoms with van der Waals surface area (Å²) >= 11 is 1.65. The van der Waals surface area contributed by atoms with E-state index < -0.39 is 10.8 Å².